The maximum Gasteiger partial charge on any atom is 0.350 e. The first-order valence-corrected chi connectivity index (χ1v) is 15.7. The van der Waals surface area contributed by atoms with Gasteiger partial charge in [-0.25, -0.2) is 4.79 Å². The minimum Gasteiger partial charge on any atom is -0.508 e. The summed E-state index contributed by atoms with van der Waals surface area (Å²) in [5, 5.41) is 22.1. The van der Waals surface area contributed by atoms with Gasteiger partial charge in [0.1, 0.15) is 28.6 Å². The van der Waals surface area contributed by atoms with Crippen LogP contribution in [-0.2, 0) is 21.6 Å². The van der Waals surface area contributed by atoms with Crippen LogP contribution in [-0.4, -0.2) is 28.9 Å². The van der Waals surface area contributed by atoms with E-state index < -0.39 is 17.2 Å². The van der Waals surface area contributed by atoms with Crippen LogP contribution in [0.15, 0.2) is 71.4 Å². The van der Waals surface area contributed by atoms with E-state index in [1.165, 1.54) is 23.8 Å². The molecule has 3 atom stereocenters. The highest BCUT2D eigenvalue weighted by atomic mass is 16.6. The van der Waals surface area contributed by atoms with Crippen molar-refractivity contribution in [1.29, 1.82) is 0 Å². The second-order valence-electron chi connectivity index (χ2n) is 13.2. The van der Waals surface area contributed by atoms with Crippen LogP contribution >= 0.6 is 0 Å². The summed E-state index contributed by atoms with van der Waals surface area (Å²) < 4.78 is 18.8. The molecule has 2 aromatic carbocycles. The predicted octanol–water partition coefficient (Wildman–Crippen LogP) is 8.99. The Labute approximate surface area is 261 Å². The number of phenols is 2. The highest BCUT2D eigenvalue weighted by Crippen LogP contribution is 2.65. The third kappa shape index (κ3) is 5.67. The first kappa shape index (κ1) is 31.5. The predicted molar refractivity (Wildman–Crippen MR) is 174 cm³/mol. The fourth-order valence-electron chi connectivity index (χ4n) is 7.30. The van der Waals surface area contributed by atoms with Gasteiger partial charge in [0, 0.05) is 34.6 Å². The molecule has 0 saturated heterocycles. The molecule has 234 valence electrons. The van der Waals surface area contributed by atoms with E-state index in [1.54, 1.807) is 24.3 Å². The van der Waals surface area contributed by atoms with Gasteiger partial charge in [-0.15, -0.1) is 0 Å². The van der Waals surface area contributed by atoms with Crippen molar-refractivity contribution in [1.82, 2.24) is 0 Å². The summed E-state index contributed by atoms with van der Waals surface area (Å²) in [6, 6.07) is 6.66. The zero-order valence-electron chi connectivity index (χ0n) is 27.0. The van der Waals surface area contributed by atoms with Crippen LogP contribution in [0.2, 0.25) is 0 Å². The first-order chi connectivity index (χ1) is 20.9. The summed E-state index contributed by atoms with van der Waals surface area (Å²) in [5.41, 5.74) is 5.45. The second kappa shape index (κ2) is 12.2. The van der Waals surface area contributed by atoms with E-state index in [0.717, 1.165) is 36.8 Å². The molecule has 6 nitrogen and oxygen atoms in total. The highest BCUT2D eigenvalue weighted by molar-refractivity contribution is 5.88. The van der Waals surface area contributed by atoms with Gasteiger partial charge in [0.15, 0.2) is 0 Å². The van der Waals surface area contributed by atoms with Gasteiger partial charge in [-0.3, -0.25) is 0 Å². The fourth-order valence-corrected chi connectivity index (χ4v) is 7.30. The topological polar surface area (TPSA) is 85.2 Å². The van der Waals surface area contributed by atoms with Gasteiger partial charge >= 0.3 is 5.97 Å². The van der Waals surface area contributed by atoms with E-state index in [0.29, 0.717) is 47.5 Å². The zero-order chi connectivity index (χ0) is 31.8. The maximum absolute atomic E-state index is 13.2. The lowest BCUT2D eigenvalue weighted by molar-refractivity contribution is -0.181. The Morgan fingerprint density at radius 2 is 1.73 bits per heavy atom. The molecule has 1 saturated carbocycles. The van der Waals surface area contributed by atoms with Crippen LogP contribution in [0.3, 0.4) is 0 Å². The van der Waals surface area contributed by atoms with Gasteiger partial charge in [0.2, 0.25) is 5.60 Å². The quantitative estimate of drug-likeness (QED) is 0.210. The van der Waals surface area contributed by atoms with Gasteiger partial charge in [-0.1, -0.05) is 47.1 Å². The number of phenolic OH excluding ortho intramolecular Hbond substituents is 2. The van der Waals surface area contributed by atoms with E-state index in [2.05, 4.69) is 52.5 Å². The normalized spacial score (nSPS) is 23.5. The van der Waals surface area contributed by atoms with Gasteiger partial charge < -0.3 is 24.4 Å². The van der Waals surface area contributed by atoms with Crippen LogP contribution in [0, 0.1) is 5.92 Å². The van der Waals surface area contributed by atoms with Crippen molar-refractivity contribution >= 4 is 5.97 Å². The van der Waals surface area contributed by atoms with Crippen LogP contribution in [0.4, 0.5) is 0 Å². The number of allylic oxidation sites excluding steroid dienone is 6. The number of ether oxygens (including phenoxy) is 3. The van der Waals surface area contributed by atoms with Crippen molar-refractivity contribution in [3.8, 4) is 34.1 Å². The molecule has 44 heavy (non-hydrogen) atoms. The molecule has 5 rings (SSSR count). The molecule has 3 aliphatic rings. The lowest BCUT2D eigenvalue weighted by Gasteiger charge is -2.56. The lowest BCUT2D eigenvalue weighted by atomic mass is 9.60. The number of esters is 1. The Kier molecular flexibility index (Phi) is 8.75. The minimum absolute atomic E-state index is 0.0721. The number of rotatable bonds is 10. The molecule has 2 bridgehead atoms. The maximum atomic E-state index is 13.2. The molecule has 1 aliphatic carbocycles. The molecule has 1 spiro atoms. The number of hydrogen-bond donors (Lipinski definition) is 2. The van der Waals surface area contributed by atoms with E-state index in [4.69, 9.17) is 14.2 Å². The van der Waals surface area contributed by atoms with Crippen molar-refractivity contribution in [2.75, 3.05) is 7.11 Å². The van der Waals surface area contributed by atoms with Crippen molar-refractivity contribution in [3.63, 3.8) is 0 Å². The fraction of sp³-hybridized carbons (Fsp3) is 0.447. The summed E-state index contributed by atoms with van der Waals surface area (Å²) >= 11 is 0. The van der Waals surface area contributed by atoms with Crippen LogP contribution in [0.1, 0.15) is 90.7 Å². The zero-order valence-corrected chi connectivity index (χ0v) is 27.0. The van der Waals surface area contributed by atoms with E-state index >= 15 is 0 Å². The second-order valence-corrected chi connectivity index (χ2v) is 13.2. The molecule has 2 aromatic rings. The van der Waals surface area contributed by atoms with E-state index in [9.17, 15) is 15.0 Å². The Morgan fingerprint density at radius 1 is 1.02 bits per heavy atom. The summed E-state index contributed by atoms with van der Waals surface area (Å²) in [7, 11) is 1.38. The summed E-state index contributed by atoms with van der Waals surface area (Å²) in [6.45, 7) is 14.9. The van der Waals surface area contributed by atoms with Crippen molar-refractivity contribution < 1.29 is 29.2 Å². The SMILES string of the molecule is C=C(C)[C@@H]1CC[C@@]2(C(=O)OC)C[C@@]13Oc1c(C/C=C(\C)CC/C=C(\C)CCC=C(C)C)cc(O)cc1-c1c(O)ccc(c13)O2. The molecule has 2 aliphatic heterocycles. The molecular formula is C38H46O6. The Hall–Kier alpha value is -3.93. The number of benzene rings is 2. The Balaban J connectivity index is 1.52. The summed E-state index contributed by atoms with van der Waals surface area (Å²) in [5.74, 6) is 0.700. The van der Waals surface area contributed by atoms with Crippen LogP contribution in [0.5, 0.6) is 23.0 Å². The average Bonchev–Trinajstić information content (AvgIpc) is 2.96. The van der Waals surface area contributed by atoms with Crippen molar-refractivity contribution in [2.24, 2.45) is 5.92 Å². The minimum atomic E-state index is -1.20. The molecule has 0 unspecified atom stereocenters. The smallest absolute Gasteiger partial charge is 0.350 e. The van der Waals surface area contributed by atoms with Crippen molar-refractivity contribution in [2.45, 2.75) is 97.2 Å². The number of carbonyl (C=O) groups excluding carboxylic acids is 1. The van der Waals surface area contributed by atoms with Crippen LogP contribution in [0.25, 0.3) is 11.1 Å². The number of carbonyl (C=O) groups is 1. The summed E-state index contributed by atoms with van der Waals surface area (Å²) in [6.07, 6.45) is 12.7. The average molecular weight is 599 g/mol. The molecule has 0 aromatic heterocycles. The molecule has 0 amide bonds. The van der Waals surface area contributed by atoms with Gasteiger partial charge in [-0.2, -0.15) is 0 Å². The number of hydrogen-bond acceptors (Lipinski definition) is 6. The van der Waals surface area contributed by atoms with E-state index in [-0.39, 0.29) is 23.8 Å². The third-order valence-corrected chi connectivity index (χ3v) is 9.47. The third-order valence-electron chi connectivity index (χ3n) is 9.47. The first-order valence-electron chi connectivity index (χ1n) is 15.7. The molecular weight excluding hydrogens is 552 g/mol. The van der Waals surface area contributed by atoms with Gasteiger partial charge in [0.05, 0.1) is 7.11 Å². The highest BCUT2D eigenvalue weighted by Gasteiger charge is 2.64. The van der Waals surface area contributed by atoms with Crippen LogP contribution < -0.4 is 9.47 Å². The number of fused-ring (bicyclic) bond motifs is 3. The lowest BCUT2D eigenvalue weighted by Crippen LogP contribution is -2.62. The number of methoxy groups -OCH3 is 1. The molecule has 2 N–H and O–H groups in total. The standard InChI is InChI=1S/C38H46O6/c1-23(2)10-8-11-25(5)12-9-13-26(6)14-15-27-20-28(39)21-29-33-31(40)16-17-32-34(33)38(44-35(27)29)22-37(43-32,36(41)42-7)19-18-30(38)24(3)4/h10,12,14,16-17,20-21,30,39-40H,3,8-9,11,13,15,18-19,22H2,1-2,4-7H3/b25-12+,26-14+/t30-,37-,38+/m0/s1. The number of aromatic hydroxyl groups is 2. The Morgan fingerprint density at radius 3 is 2.41 bits per heavy atom. The molecule has 6 heteroatoms. The molecule has 0 radical (unpaired) electrons. The largest absolute Gasteiger partial charge is 0.508 e. The van der Waals surface area contributed by atoms with Crippen molar-refractivity contribution in [3.05, 3.63) is 82.5 Å². The van der Waals surface area contributed by atoms with Gasteiger partial charge in [-0.05, 0) is 104 Å². The monoisotopic (exact) mass is 598 g/mol. The molecule has 1 fully saturated rings. The molecule has 2 heterocycles. The Bertz CT molecular complexity index is 1570. The van der Waals surface area contributed by atoms with E-state index in [1.807, 2.05) is 6.92 Å². The van der Waals surface area contributed by atoms with Gasteiger partial charge in [0.25, 0.3) is 0 Å². The summed E-state index contributed by atoms with van der Waals surface area (Å²) in [4.78, 5) is 13.2.